The molecule has 9 heteroatoms. The Hall–Kier alpha value is -2.16. The van der Waals surface area contributed by atoms with E-state index >= 15 is 0 Å². The Bertz CT molecular complexity index is 652. The summed E-state index contributed by atoms with van der Waals surface area (Å²) in [7, 11) is 0. The second kappa shape index (κ2) is 6.08. The molecule has 1 N–H and O–H groups in total. The molecule has 0 saturated heterocycles. The van der Waals surface area contributed by atoms with E-state index in [-0.39, 0.29) is 22.3 Å². The first-order valence-electron chi connectivity index (χ1n) is 5.54. The minimum Gasteiger partial charge on any atom is -0.429 e. The Balaban J connectivity index is 2.32. The maximum atomic E-state index is 13.6. The molecule has 4 nitrogen and oxygen atoms in total. The first-order valence-corrected chi connectivity index (χ1v) is 6.42. The molecule has 1 aromatic carbocycles. The van der Waals surface area contributed by atoms with Gasteiger partial charge >= 0.3 is 6.61 Å². The molecule has 2 aromatic rings. The Morgan fingerprint density at radius 2 is 1.95 bits per heavy atom. The predicted molar refractivity (Wildman–Crippen MR) is 68.4 cm³/mol. The topological polar surface area (TPSA) is 51.2 Å². The molecule has 0 fully saturated rings. The zero-order chi connectivity index (χ0) is 15.6. The third kappa shape index (κ3) is 3.69. The number of hydrogen-bond acceptors (Lipinski definition) is 4. The highest BCUT2D eigenvalue weighted by molar-refractivity contribution is 7.14. The van der Waals surface area contributed by atoms with E-state index in [2.05, 4.69) is 15.0 Å². The molecule has 0 aliphatic heterocycles. The number of nitrogens with one attached hydrogen (secondary N) is 1. The van der Waals surface area contributed by atoms with Gasteiger partial charge in [0.15, 0.2) is 22.5 Å². The van der Waals surface area contributed by atoms with Gasteiger partial charge in [-0.15, -0.1) is 11.3 Å². The standard InChI is InChI=1S/C12H8F4N2O2S/c1-5(19)17-12-18-9(4-21-12)6-2-7(13)10(8(14)3-6)20-11(15)16/h2-4,11H,1H3,(H,17,18,19). The maximum absolute atomic E-state index is 13.6. The number of alkyl halides is 2. The summed E-state index contributed by atoms with van der Waals surface area (Å²) >= 11 is 1.06. The van der Waals surface area contributed by atoms with Crippen LogP contribution >= 0.6 is 11.3 Å². The minimum atomic E-state index is -3.33. The van der Waals surface area contributed by atoms with Crippen LogP contribution in [0.15, 0.2) is 17.5 Å². The molecule has 0 aliphatic rings. The molecular formula is C12H8F4N2O2S. The third-order valence-corrected chi connectivity index (χ3v) is 3.05. The number of hydrogen-bond donors (Lipinski definition) is 1. The summed E-state index contributed by atoms with van der Waals surface area (Å²) in [6, 6.07) is 1.65. The molecule has 0 unspecified atom stereocenters. The first-order chi connectivity index (χ1) is 9.86. The smallest absolute Gasteiger partial charge is 0.387 e. The van der Waals surface area contributed by atoms with Gasteiger partial charge in [-0.25, -0.2) is 13.8 Å². The lowest BCUT2D eigenvalue weighted by Gasteiger charge is -2.08. The van der Waals surface area contributed by atoms with Crippen LogP contribution in [0.4, 0.5) is 22.7 Å². The van der Waals surface area contributed by atoms with Crippen molar-refractivity contribution in [3.8, 4) is 17.0 Å². The number of anilines is 1. The fraction of sp³-hybridized carbons (Fsp3) is 0.167. The van der Waals surface area contributed by atoms with Crippen molar-refractivity contribution in [3.63, 3.8) is 0 Å². The van der Waals surface area contributed by atoms with Crippen molar-refractivity contribution in [1.29, 1.82) is 0 Å². The average molecular weight is 320 g/mol. The van der Waals surface area contributed by atoms with Gasteiger partial charge < -0.3 is 10.1 Å². The van der Waals surface area contributed by atoms with E-state index in [1.807, 2.05) is 0 Å². The zero-order valence-electron chi connectivity index (χ0n) is 10.5. The second-order valence-electron chi connectivity index (χ2n) is 3.87. The van der Waals surface area contributed by atoms with Crippen molar-refractivity contribution in [2.24, 2.45) is 0 Å². The fourth-order valence-corrected chi connectivity index (χ4v) is 2.29. The van der Waals surface area contributed by atoms with E-state index in [9.17, 15) is 22.4 Å². The van der Waals surface area contributed by atoms with Crippen LogP contribution in [0.25, 0.3) is 11.3 Å². The lowest BCUT2D eigenvalue weighted by molar-refractivity contribution is -0.114. The SMILES string of the molecule is CC(=O)Nc1nc(-c2cc(F)c(OC(F)F)c(F)c2)cs1. The Morgan fingerprint density at radius 1 is 1.33 bits per heavy atom. The summed E-state index contributed by atoms with van der Waals surface area (Å²) in [5.41, 5.74) is 0.240. The van der Waals surface area contributed by atoms with Gasteiger partial charge in [-0.1, -0.05) is 0 Å². The largest absolute Gasteiger partial charge is 0.429 e. The minimum absolute atomic E-state index is 0.0412. The lowest BCUT2D eigenvalue weighted by Crippen LogP contribution is -2.06. The van der Waals surface area contributed by atoms with Crippen LogP contribution in [0.2, 0.25) is 0 Å². The number of rotatable bonds is 4. The van der Waals surface area contributed by atoms with Crippen molar-refractivity contribution >= 4 is 22.4 Å². The van der Waals surface area contributed by atoms with Crippen molar-refractivity contribution in [2.75, 3.05) is 5.32 Å². The van der Waals surface area contributed by atoms with Crippen LogP contribution in [-0.4, -0.2) is 17.5 Å². The molecule has 0 aliphatic carbocycles. The van der Waals surface area contributed by atoms with Crippen molar-refractivity contribution in [2.45, 2.75) is 13.5 Å². The molecule has 0 atom stereocenters. The molecule has 21 heavy (non-hydrogen) atoms. The van der Waals surface area contributed by atoms with E-state index in [1.165, 1.54) is 12.3 Å². The molecule has 0 spiro atoms. The molecular weight excluding hydrogens is 312 g/mol. The van der Waals surface area contributed by atoms with Crippen LogP contribution in [0.5, 0.6) is 5.75 Å². The number of carbonyl (C=O) groups excluding carboxylic acids is 1. The van der Waals surface area contributed by atoms with Crippen molar-refractivity contribution in [1.82, 2.24) is 4.98 Å². The number of carbonyl (C=O) groups is 1. The molecule has 1 aromatic heterocycles. The highest BCUT2D eigenvalue weighted by atomic mass is 32.1. The van der Waals surface area contributed by atoms with Gasteiger partial charge in [-0.3, -0.25) is 4.79 Å². The quantitative estimate of drug-likeness (QED) is 0.875. The fourth-order valence-electron chi connectivity index (χ4n) is 1.52. The molecule has 0 bridgehead atoms. The van der Waals surface area contributed by atoms with Crippen LogP contribution in [-0.2, 0) is 4.79 Å². The van der Waals surface area contributed by atoms with E-state index in [4.69, 9.17) is 0 Å². The van der Waals surface area contributed by atoms with E-state index in [1.54, 1.807) is 0 Å². The summed E-state index contributed by atoms with van der Waals surface area (Å²) in [6.07, 6.45) is 0. The number of aromatic nitrogens is 1. The highest BCUT2D eigenvalue weighted by Crippen LogP contribution is 2.31. The third-order valence-electron chi connectivity index (χ3n) is 2.29. The van der Waals surface area contributed by atoms with E-state index < -0.39 is 24.0 Å². The number of benzene rings is 1. The van der Waals surface area contributed by atoms with Crippen LogP contribution < -0.4 is 10.1 Å². The van der Waals surface area contributed by atoms with E-state index in [0.717, 1.165) is 23.5 Å². The summed E-state index contributed by atoms with van der Waals surface area (Å²) in [5.74, 6) is -4.02. The Morgan fingerprint density at radius 3 is 2.48 bits per heavy atom. The number of thiazole rings is 1. The number of halogens is 4. The highest BCUT2D eigenvalue weighted by Gasteiger charge is 2.18. The van der Waals surface area contributed by atoms with Gasteiger partial charge in [0.05, 0.1) is 5.69 Å². The van der Waals surface area contributed by atoms with Crippen LogP contribution in [0.1, 0.15) is 6.92 Å². The molecule has 112 valence electrons. The molecule has 1 amide bonds. The maximum Gasteiger partial charge on any atom is 0.387 e. The molecule has 1 heterocycles. The van der Waals surface area contributed by atoms with Gasteiger partial charge in [0, 0.05) is 17.9 Å². The average Bonchev–Trinajstić information content (AvgIpc) is 2.80. The summed E-state index contributed by atoms with van der Waals surface area (Å²) < 4.78 is 55.0. The molecule has 0 saturated carbocycles. The second-order valence-corrected chi connectivity index (χ2v) is 4.72. The normalized spacial score (nSPS) is 10.8. The van der Waals surface area contributed by atoms with Gasteiger partial charge in [-0.2, -0.15) is 8.78 Å². The van der Waals surface area contributed by atoms with Gasteiger partial charge in [0.25, 0.3) is 0 Å². The summed E-state index contributed by atoms with van der Waals surface area (Å²) in [6.45, 7) is -2.04. The summed E-state index contributed by atoms with van der Waals surface area (Å²) in [5, 5.41) is 4.14. The molecule has 2 rings (SSSR count). The lowest BCUT2D eigenvalue weighted by atomic mass is 10.1. The molecule has 0 radical (unpaired) electrons. The Kier molecular flexibility index (Phi) is 4.41. The van der Waals surface area contributed by atoms with E-state index in [0.29, 0.717) is 0 Å². The summed E-state index contributed by atoms with van der Waals surface area (Å²) in [4.78, 5) is 14.8. The number of nitrogens with zero attached hydrogens (tertiary/aromatic N) is 1. The van der Waals surface area contributed by atoms with Crippen molar-refractivity contribution < 1.29 is 27.1 Å². The van der Waals surface area contributed by atoms with Crippen LogP contribution in [0, 0.1) is 11.6 Å². The first kappa shape index (κ1) is 15.2. The van der Waals surface area contributed by atoms with Crippen molar-refractivity contribution in [3.05, 3.63) is 29.1 Å². The zero-order valence-corrected chi connectivity index (χ0v) is 11.3. The van der Waals surface area contributed by atoms with Crippen LogP contribution in [0.3, 0.4) is 0 Å². The number of amides is 1. The van der Waals surface area contributed by atoms with Gasteiger partial charge in [-0.05, 0) is 12.1 Å². The van der Waals surface area contributed by atoms with Gasteiger partial charge in [0.2, 0.25) is 5.91 Å². The Labute approximate surface area is 120 Å². The number of ether oxygens (including phenoxy) is 1. The monoisotopic (exact) mass is 320 g/mol. The predicted octanol–water partition coefficient (Wildman–Crippen LogP) is 3.65. The van der Waals surface area contributed by atoms with Gasteiger partial charge in [0.1, 0.15) is 0 Å².